The van der Waals surface area contributed by atoms with Crippen molar-refractivity contribution >= 4 is 11.8 Å². The van der Waals surface area contributed by atoms with Crippen molar-refractivity contribution < 1.29 is 14.7 Å². The minimum Gasteiger partial charge on any atom is -0.394 e. The van der Waals surface area contributed by atoms with Gasteiger partial charge in [0.05, 0.1) is 6.61 Å². The number of amides is 2. The monoisotopic (exact) mass is 290 g/mol. The smallest absolute Gasteiger partial charge is 0.255 e. The van der Waals surface area contributed by atoms with Crippen LogP contribution in [-0.4, -0.2) is 40.5 Å². The Morgan fingerprint density at radius 2 is 2.00 bits per heavy atom. The third-order valence-electron chi connectivity index (χ3n) is 3.75. The molecule has 5 nitrogen and oxygen atoms in total. The highest BCUT2D eigenvalue weighted by Crippen LogP contribution is 2.27. The third-order valence-corrected chi connectivity index (χ3v) is 3.75. The van der Waals surface area contributed by atoms with Crippen LogP contribution in [0.15, 0.2) is 24.3 Å². The summed E-state index contributed by atoms with van der Waals surface area (Å²) in [5.41, 5.74) is 1.63. The standard InChI is InChI=1S/C16H22N2O3/c1-10(2)14(15(20)17-11(3)9-19)18-8-12-6-4-5-7-13(12)16(18)21/h4-7,10-11,14,19H,8-9H2,1-3H3,(H,17,20)/t11-,14+/m0/s1. The van der Waals surface area contributed by atoms with Crippen LogP contribution in [-0.2, 0) is 11.3 Å². The van der Waals surface area contributed by atoms with Gasteiger partial charge in [0.1, 0.15) is 6.04 Å². The fraction of sp³-hybridized carbons (Fsp3) is 0.500. The number of aliphatic hydroxyl groups is 1. The molecule has 2 rings (SSSR count). The maximum absolute atomic E-state index is 12.5. The van der Waals surface area contributed by atoms with Crippen molar-refractivity contribution in [1.29, 1.82) is 0 Å². The molecule has 2 amide bonds. The van der Waals surface area contributed by atoms with Gasteiger partial charge in [-0.2, -0.15) is 0 Å². The van der Waals surface area contributed by atoms with Gasteiger partial charge >= 0.3 is 0 Å². The first kappa shape index (κ1) is 15.5. The topological polar surface area (TPSA) is 69.6 Å². The molecule has 21 heavy (non-hydrogen) atoms. The summed E-state index contributed by atoms with van der Waals surface area (Å²) in [6.45, 7) is 5.91. The first-order valence-electron chi connectivity index (χ1n) is 7.25. The summed E-state index contributed by atoms with van der Waals surface area (Å²) >= 11 is 0. The van der Waals surface area contributed by atoms with Crippen molar-refractivity contribution in [1.82, 2.24) is 10.2 Å². The van der Waals surface area contributed by atoms with Crippen molar-refractivity contribution in [3.05, 3.63) is 35.4 Å². The minimum atomic E-state index is -0.529. The number of hydrogen-bond acceptors (Lipinski definition) is 3. The van der Waals surface area contributed by atoms with Crippen molar-refractivity contribution in [3.8, 4) is 0 Å². The lowest BCUT2D eigenvalue weighted by atomic mass is 10.0. The van der Waals surface area contributed by atoms with E-state index in [1.165, 1.54) is 0 Å². The largest absolute Gasteiger partial charge is 0.394 e. The van der Waals surface area contributed by atoms with Crippen molar-refractivity contribution in [3.63, 3.8) is 0 Å². The SMILES string of the molecule is CC(C)[C@H](C(=O)N[C@@H](C)CO)N1Cc2ccccc2C1=O. The van der Waals surface area contributed by atoms with Crippen LogP contribution in [0.2, 0.25) is 0 Å². The highest BCUT2D eigenvalue weighted by molar-refractivity contribution is 6.01. The van der Waals surface area contributed by atoms with Crippen LogP contribution in [0.4, 0.5) is 0 Å². The molecule has 0 aromatic heterocycles. The summed E-state index contributed by atoms with van der Waals surface area (Å²) in [7, 11) is 0. The van der Waals surface area contributed by atoms with E-state index in [1.807, 2.05) is 32.0 Å². The molecule has 1 aromatic rings. The first-order valence-corrected chi connectivity index (χ1v) is 7.25. The van der Waals surface area contributed by atoms with E-state index in [-0.39, 0.29) is 30.4 Å². The van der Waals surface area contributed by atoms with E-state index in [4.69, 9.17) is 5.11 Å². The Kier molecular flexibility index (Phi) is 4.63. The molecule has 1 aliphatic heterocycles. The van der Waals surface area contributed by atoms with E-state index in [0.717, 1.165) is 5.56 Å². The van der Waals surface area contributed by atoms with E-state index in [2.05, 4.69) is 5.32 Å². The summed E-state index contributed by atoms with van der Waals surface area (Å²) < 4.78 is 0. The molecule has 0 spiro atoms. The summed E-state index contributed by atoms with van der Waals surface area (Å²) in [5, 5.41) is 11.8. The Balaban J connectivity index is 2.21. The van der Waals surface area contributed by atoms with Gasteiger partial charge in [-0.1, -0.05) is 32.0 Å². The van der Waals surface area contributed by atoms with Crippen LogP contribution in [0.25, 0.3) is 0 Å². The molecule has 2 atom stereocenters. The van der Waals surface area contributed by atoms with E-state index >= 15 is 0 Å². The Morgan fingerprint density at radius 3 is 2.57 bits per heavy atom. The summed E-state index contributed by atoms with van der Waals surface area (Å²) in [6.07, 6.45) is 0. The Bertz CT molecular complexity index is 542. The molecule has 114 valence electrons. The highest BCUT2D eigenvalue weighted by atomic mass is 16.3. The summed E-state index contributed by atoms with van der Waals surface area (Å²) in [6, 6.07) is 6.59. The molecule has 0 radical (unpaired) electrons. The lowest BCUT2D eigenvalue weighted by molar-refractivity contribution is -0.128. The Morgan fingerprint density at radius 1 is 1.33 bits per heavy atom. The highest BCUT2D eigenvalue weighted by Gasteiger charge is 2.38. The molecule has 0 saturated carbocycles. The molecule has 5 heteroatoms. The summed E-state index contributed by atoms with van der Waals surface area (Å²) in [5.74, 6) is -0.321. The predicted molar refractivity (Wildman–Crippen MR) is 79.6 cm³/mol. The second-order valence-corrected chi connectivity index (χ2v) is 5.87. The van der Waals surface area contributed by atoms with Gasteiger partial charge in [-0.3, -0.25) is 9.59 Å². The second kappa shape index (κ2) is 6.26. The maximum Gasteiger partial charge on any atom is 0.255 e. The molecule has 2 N–H and O–H groups in total. The second-order valence-electron chi connectivity index (χ2n) is 5.87. The predicted octanol–water partition coefficient (Wildman–Crippen LogP) is 1.16. The molecule has 0 bridgehead atoms. The number of nitrogens with zero attached hydrogens (tertiary/aromatic N) is 1. The van der Waals surface area contributed by atoms with Gasteiger partial charge in [0.2, 0.25) is 5.91 Å². The molecular formula is C16H22N2O3. The number of fused-ring (bicyclic) bond motifs is 1. The number of nitrogens with one attached hydrogen (secondary N) is 1. The van der Waals surface area contributed by atoms with E-state index < -0.39 is 6.04 Å². The van der Waals surface area contributed by atoms with Crippen LogP contribution in [0, 0.1) is 5.92 Å². The molecule has 1 aliphatic rings. The Labute approximate surface area is 125 Å². The van der Waals surface area contributed by atoms with E-state index in [9.17, 15) is 9.59 Å². The molecule has 1 heterocycles. The van der Waals surface area contributed by atoms with Crippen LogP contribution < -0.4 is 5.32 Å². The van der Waals surface area contributed by atoms with Gasteiger partial charge < -0.3 is 15.3 Å². The average Bonchev–Trinajstić information content (AvgIpc) is 2.76. The number of carbonyl (C=O) groups excluding carboxylic acids is 2. The number of hydrogen-bond donors (Lipinski definition) is 2. The average molecular weight is 290 g/mol. The van der Waals surface area contributed by atoms with Gasteiger partial charge in [-0.15, -0.1) is 0 Å². The van der Waals surface area contributed by atoms with Crippen LogP contribution in [0.5, 0.6) is 0 Å². The molecular weight excluding hydrogens is 268 g/mol. The van der Waals surface area contributed by atoms with E-state index in [0.29, 0.717) is 12.1 Å². The van der Waals surface area contributed by atoms with Gasteiger partial charge in [-0.25, -0.2) is 0 Å². The minimum absolute atomic E-state index is 0.00541. The lowest BCUT2D eigenvalue weighted by Crippen LogP contribution is -2.52. The normalized spacial score (nSPS) is 16.8. The van der Waals surface area contributed by atoms with Gasteiger partial charge in [0.25, 0.3) is 5.91 Å². The van der Waals surface area contributed by atoms with Crippen LogP contribution in [0.1, 0.15) is 36.7 Å². The fourth-order valence-electron chi connectivity index (χ4n) is 2.68. The quantitative estimate of drug-likeness (QED) is 0.855. The molecule has 1 aromatic carbocycles. The van der Waals surface area contributed by atoms with Gasteiger partial charge in [-0.05, 0) is 24.5 Å². The number of rotatable bonds is 5. The first-order chi connectivity index (χ1) is 9.95. The number of carbonyl (C=O) groups is 2. The number of aliphatic hydroxyl groups excluding tert-OH is 1. The lowest BCUT2D eigenvalue weighted by Gasteiger charge is -2.30. The number of benzene rings is 1. The van der Waals surface area contributed by atoms with Crippen LogP contribution in [0.3, 0.4) is 0 Å². The maximum atomic E-state index is 12.5. The zero-order valence-corrected chi connectivity index (χ0v) is 12.7. The van der Waals surface area contributed by atoms with Crippen molar-refractivity contribution in [2.45, 2.75) is 39.4 Å². The molecule has 0 unspecified atom stereocenters. The van der Waals surface area contributed by atoms with E-state index in [1.54, 1.807) is 17.9 Å². The Hall–Kier alpha value is -1.88. The fourth-order valence-corrected chi connectivity index (χ4v) is 2.68. The van der Waals surface area contributed by atoms with Crippen molar-refractivity contribution in [2.75, 3.05) is 6.61 Å². The summed E-state index contributed by atoms with van der Waals surface area (Å²) in [4.78, 5) is 26.5. The molecule has 0 aliphatic carbocycles. The van der Waals surface area contributed by atoms with Gasteiger partial charge in [0, 0.05) is 18.2 Å². The van der Waals surface area contributed by atoms with Gasteiger partial charge in [0.15, 0.2) is 0 Å². The van der Waals surface area contributed by atoms with Crippen molar-refractivity contribution in [2.24, 2.45) is 5.92 Å². The zero-order valence-electron chi connectivity index (χ0n) is 12.7. The zero-order chi connectivity index (χ0) is 15.6. The third kappa shape index (κ3) is 3.08. The molecule has 0 fully saturated rings. The molecule has 0 saturated heterocycles. The van der Waals surface area contributed by atoms with Crippen LogP contribution >= 0.6 is 0 Å².